The summed E-state index contributed by atoms with van der Waals surface area (Å²) < 4.78 is 0. The molecule has 5 rings (SSSR count). The summed E-state index contributed by atoms with van der Waals surface area (Å²) in [6.45, 7) is 0. The van der Waals surface area contributed by atoms with Crippen molar-refractivity contribution in [1.29, 1.82) is 0 Å². The van der Waals surface area contributed by atoms with E-state index in [0.717, 1.165) is 10.8 Å². The molecule has 0 N–H and O–H groups in total. The van der Waals surface area contributed by atoms with Gasteiger partial charge in [0.05, 0.1) is 34.4 Å². The summed E-state index contributed by atoms with van der Waals surface area (Å²) in [6, 6.07) is 33.5. The molecular formula is C27H21N2O4Sn. The number of carboxylic acids is 2. The van der Waals surface area contributed by atoms with Gasteiger partial charge in [-0.1, -0.05) is 86.3 Å². The van der Waals surface area contributed by atoms with E-state index in [2.05, 4.69) is 16.0 Å². The molecular weight excluding hydrogens is 535 g/mol. The van der Waals surface area contributed by atoms with Gasteiger partial charge in [-0.25, -0.2) is 9.97 Å². The van der Waals surface area contributed by atoms with Gasteiger partial charge in [0.25, 0.3) is 0 Å². The number of carbonyl (C=O) groups excluding carboxylic acids is 2. The third-order valence-corrected chi connectivity index (χ3v) is 4.22. The Bertz CT molecular complexity index is 1230. The number of para-hydroxylation sites is 2. The van der Waals surface area contributed by atoms with Gasteiger partial charge in [-0.15, -0.1) is 0 Å². The molecule has 0 saturated carbocycles. The molecule has 0 spiro atoms. The van der Waals surface area contributed by atoms with Gasteiger partial charge in [0.15, 0.2) is 0 Å². The quantitative estimate of drug-likeness (QED) is 0.310. The van der Waals surface area contributed by atoms with Crippen LogP contribution in [0, 0.1) is 6.07 Å². The van der Waals surface area contributed by atoms with E-state index in [9.17, 15) is 19.8 Å². The number of rotatable bonds is 2. The molecule has 34 heavy (non-hydrogen) atoms. The number of hydrogen-bond acceptors (Lipinski definition) is 6. The standard InChI is InChI=1S/2C10H7NO2.C6H5.CH4.Sn/c2*12-10(13)9-6-5-7-3-1-2-4-8(7)11-9;1-2-4-6-5-3-1;;/h2*1-6H,(H,12,13);1-5H;1H4;/q;;;;+2/p-2. The monoisotopic (exact) mass is 557 g/mol. The Balaban J connectivity index is 0.000000263. The van der Waals surface area contributed by atoms with E-state index in [1.54, 1.807) is 24.3 Å². The van der Waals surface area contributed by atoms with Crippen molar-refractivity contribution in [2.75, 3.05) is 0 Å². The second-order valence-electron chi connectivity index (χ2n) is 6.43. The Hall–Kier alpha value is -3.78. The van der Waals surface area contributed by atoms with Crippen molar-refractivity contribution in [2.45, 2.75) is 7.43 Å². The predicted octanol–water partition coefficient (Wildman–Crippen LogP) is 2.94. The van der Waals surface area contributed by atoms with Crippen LogP contribution in [0.1, 0.15) is 28.4 Å². The van der Waals surface area contributed by atoms with E-state index >= 15 is 0 Å². The number of carbonyl (C=O) groups is 2. The van der Waals surface area contributed by atoms with Crippen molar-refractivity contribution in [3.63, 3.8) is 0 Å². The van der Waals surface area contributed by atoms with Gasteiger partial charge in [-0.3, -0.25) is 0 Å². The summed E-state index contributed by atoms with van der Waals surface area (Å²) in [5.74, 6) is -2.49. The SMILES string of the molecule is C.O=C([O-])c1ccc2ccccc2n1.O=C([O-])c1ccc2ccccc2n1.[Sn+2].[c]1ccccc1. The number of nitrogens with zero attached hydrogens (tertiary/aromatic N) is 2. The Labute approximate surface area is 214 Å². The van der Waals surface area contributed by atoms with Crippen molar-refractivity contribution >= 4 is 57.7 Å². The molecule has 0 fully saturated rings. The number of fused-ring (bicyclic) bond motifs is 2. The van der Waals surface area contributed by atoms with Crippen LogP contribution in [-0.2, 0) is 0 Å². The molecule has 0 bridgehead atoms. The summed E-state index contributed by atoms with van der Waals surface area (Å²) in [6.07, 6.45) is 0. The molecule has 3 aromatic carbocycles. The third-order valence-electron chi connectivity index (χ3n) is 4.22. The van der Waals surface area contributed by atoms with Crippen LogP contribution in [0.3, 0.4) is 0 Å². The van der Waals surface area contributed by atoms with Crippen molar-refractivity contribution in [3.8, 4) is 0 Å². The van der Waals surface area contributed by atoms with Crippen LogP contribution in [0.5, 0.6) is 0 Å². The van der Waals surface area contributed by atoms with Crippen LogP contribution in [-0.4, -0.2) is 45.8 Å². The molecule has 2 aromatic heterocycles. The summed E-state index contributed by atoms with van der Waals surface area (Å²) in [4.78, 5) is 28.8. The fourth-order valence-electron chi connectivity index (χ4n) is 2.70. The maximum atomic E-state index is 10.5. The van der Waals surface area contributed by atoms with E-state index in [1.807, 2.05) is 66.7 Å². The smallest absolute Gasteiger partial charge is 0.543 e. The molecule has 167 valence electrons. The van der Waals surface area contributed by atoms with Crippen LogP contribution in [0.4, 0.5) is 0 Å². The summed E-state index contributed by atoms with van der Waals surface area (Å²) in [5, 5.41) is 22.8. The van der Waals surface area contributed by atoms with Crippen molar-refractivity contribution in [2.24, 2.45) is 0 Å². The molecule has 0 aliphatic carbocycles. The summed E-state index contributed by atoms with van der Waals surface area (Å²) in [7, 11) is 0. The predicted molar refractivity (Wildman–Crippen MR) is 130 cm³/mol. The van der Waals surface area contributed by atoms with Crippen molar-refractivity contribution < 1.29 is 19.8 Å². The Morgan fingerprint density at radius 2 is 1.00 bits per heavy atom. The van der Waals surface area contributed by atoms with Gasteiger partial charge >= 0.3 is 23.9 Å². The largest absolute Gasteiger partial charge is 2.00 e. The van der Waals surface area contributed by atoms with Gasteiger partial charge in [0.1, 0.15) is 0 Å². The Morgan fingerprint density at radius 1 is 0.588 bits per heavy atom. The number of benzene rings is 3. The maximum Gasteiger partial charge on any atom is 2.00 e. The molecule has 0 amide bonds. The second-order valence-corrected chi connectivity index (χ2v) is 6.43. The summed E-state index contributed by atoms with van der Waals surface area (Å²) in [5.41, 5.74) is 1.28. The van der Waals surface area contributed by atoms with Gasteiger partial charge in [0.2, 0.25) is 0 Å². The van der Waals surface area contributed by atoms with E-state index in [-0.39, 0.29) is 42.7 Å². The number of carboxylic acid groups (broad SMARTS) is 2. The van der Waals surface area contributed by atoms with Crippen LogP contribution in [0.2, 0.25) is 0 Å². The number of pyridine rings is 2. The minimum absolute atomic E-state index is 0. The molecule has 7 heteroatoms. The van der Waals surface area contributed by atoms with E-state index in [0.29, 0.717) is 11.0 Å². The van der Waals surface area contributed by atoms with E-state index in [1.165, 1.54) is 12.1 Å². The van der Waals surface area contributed by atoms with Gasteiger partial charge in [-0.2, -0.15) is 0 Å². The third kappa shape index (κ3) is 8.29. The first-order valence-electron chi connectivity index (χ1n) is 9.60. The van der Waals surface area contributed by atoms with Crippen molar-refractivity contribution in [1.82, 2.24) is 9.97 Å². The topological polar surface area (TPSA) is 106 Å². The zero-order valence-electron chi connectivity index (χ0n) is 17.3. The molecule has 3 radical (unpaired) electrons. The normalized spacial score (nSPS) is 9.18. The first-order chi connectivity index (χ1) is 15.5. The van der Waals surface area contributed by atoms with Gasteiger partial charge < -0.3 is 19.8 Å². The first kappa shape index (κ1) is 28.3. The molecule has 0 unspecified atom stereocenters. The molecule has 6 nitrogen and oxygen atoms in total. The Morgan fingerprint density at radius 3 is 1.32 bits per heavy atom. The first-order valence-corrected chi connectivity index (χ1v) is 9.60. The average molecular weight is 556 g/mol. The average Bonchev–Trinajstić information content (AvgIpc) is 2.85. The van der Waals surface area contributed by atoms with Gasteiger partial charge in [0, 0.05) is 10.8 Å². The minimum atomic E-state index is -1.24. The fraction of sp³-hybridized carbons (Fsp3) is 0.0370. The van der Waals surface area contributed by atoms with Crippen molar-refractivity contribution in [3.05, 3.63) is 121 Å². The molecule has 2 heterocycles. The number of hydrogen-bond donors (Lipinski definition) is 0. The van der Waals surface area contributed by atoms with Crippen LogP contribution in [0.25, 0.3) is 21.8 Å². The van der Waals surface area contributed by atoms with Crippen LogP contribution < -0.4 is 10.2 Å². The second kappa shape index (κ2) is 14.4. The Kier molecular flexibility index (Phi) is 12.0. The molecule has 0 aliphatic rings. The molecule has 0 aliphatic heterocycles. The zero-order valence-corrected chi connectivity index (χ0v) is 20.2. The zero-order chi connectivity index (χ0) is 22.8. The molecule has 0 saturated heterocycles. The maximum absolute atomic E-state index is 10.5. The molecule has 5 aromatic rings. The number of aromatic carboxylic acids is 2. The summed E-state index contributed by atoms with van der Waals surface area (Å²) >= 11 is 0. The van der Waals surface area contributed by atoms with Crippen LogP contribution in [0.15, 0.2) is 103 Å². The molecule has 0 atom stereocenters. The van der Waals surface area contributed by atoms with E-state index < -0.39 is 11.9 Å². The van der Waals surface area contributed by atoms with Gasteiger partial charge in [-0.05, 0) is 30.3 Å². The van der Waals surface area contributed by atoms with Crippen LogP contribution >= 0.6 is 0 Å². The number of aromatic nitrogens is 2. The van der Waals surface area contributed by atoms with E-state index in [4.69, 9.17) is 0 Å². The minimum Gasteiger partial charge on any atom is -0.543 e. The fourth-order valence-corrected chi connectivity index (χ4v) is 2.70.